The second kappa shape index (κ2) is 8.15. The minimum absolute atomic E-state index is 0.204. The van der Waals surface area contributed by atoms with Gasteiger partial charge in [0, 0.05) is 36.9 Å². The molecule has 126 valence electrons. The van der Waals surface area contributed by atoms with Crippen molar-refractivity contribution >= 4 is 12.0 Å². The molecule has 2 rings (SSSR count). The predicted molar refractivity (Wildman–Crippen MR) is 91.5 cm³/mol. The predicted octanol–water partition coefficient (Wildman–Crippen LogP) is 3.51. The molecule has 24 heavy (non-hydrogen) atoms. The van der Waals surface area contributed by atoms with Gasteiger partial charge in [0.15, 0.2) is 0 Å². The first-order valence-electron chi connectivity index (χ1n) is 7.43. The van der Waals surface area contributed by atoms with Crippen molar-refractivity contribution in [3.63, 3.8) is 0 Å². The summed E-state index contributed by atoms with van der Waals surface area (Å²) >= 11 is 0. The number of rotatable bonds is 6. The molecular formula is C19H20FNO3. The van der Waals surface area contributed by atoms with Crippen molar-refractivity contribution < 1.29 is 18.7 Å². The van der Waals surface area contributed by atoms with E-state index < -0.39 is 0 Å². The van der Waals surface area contributed by atoms with Gasteiger partial charge in [0.25, 0.3) is 0 Å². The maximum absolute atomic E-state index is 13.6. The quantitative estimate of drug-likeness (QED) is 0.761. The van der Waals surface area contributed by atoms with E-state index in [-0.39, 0.29) is 18.3 Å². The van der Waals surface area contributed by atoms with Crippen LogP contribution in [0, 0.1) is 5.82 Å². The van der Waals surface area contributed by atoms with Gasteiger partial charge in [0.05, 0.1) is 14.2 Å². The second-order valence-corrected chi connectivity index (χ2v) is 5.23. The molecule has 0 aliphatic heterocycles. The topological polar surface area (TPSA) is 38.8 Å². The van der Waals surface area contributed by atoms with Gasteiger partial charge < -0.3 is 14.4 Å². The van der Waals surface area contributed by atoms with Gasteiger partial charge in [-0.2, -0.15) is 0 Å². The van der Waals surface area contributed by atoms with Crippen molar-refractivity contribution in [2.24, 2.45) is 0 Å². The highest BCUT2D eigenvalue weighted by atomic mass is 19.1. The lowest BCUT2D eigenvalue weighted by atomic mass is 10.1. The number of benzene rings is 2. The Bertz CT molecular complexity index is 743. The Morgan fingerprint density at radius 1 is 1.17 bits per heavy atom. The fourth-order valence-electron chi connectivity index (χ4n) is 2.20. The smallest absolute Gasteiger partial charge is 0.246 e. The van der Waals surface area contributed by atoms with Gasteiger partial charge in [0.2, 0.25) is 5.91 Å². The van der Waals surface area contributed by atoms with Crippen LogP contribution in [0.2, 0.25) is 0 Å². The second-order valence-electron chi connectivity index (χ2n) is 5.23. The summed E-state index contributed by atoms with van der Waals surface area (Å²) in [6.45, 7) is 0.204. The van der Waals surface area contributed by atoms with Crippen molar-refractivity contribution in [1.29, 1.82) is 0 Å². The first-order chi connectivity index (χ1) is 11.5. The third-order valence-electron chi connectivity index (χ3n) is 3.59. The van der Waals surface area contributed by atoms with E-state index in [1.54, 1.807) is 63.7 Å². The molecule has 0 bridgehead atoms. The zero-order valence-corrected chi connectivity index (χ0v) is 14.0. The third-order valence-corrected chi connectivity index (χ3v) is 3.59. The minimum Gasteiger partial charge on any atom is -0.497 e. The van der Waals surface area contributed by atoms with Crippen molar-refractivity contribution in [3.8, 4) is 11.5 Å². The number of halogens is 1. The average Bonchev–Trinajstić information content (AvgIpc) is 2.61. The van der Waals surface area contributed by atoms with E-state index in [4.69, 9.17) is 9.47 Å². The molecular weight excluding hydrogens is 309 g/mol. The Hall–Kier alpha value is -2.82. The number of hydrogen-bond donors (Lipinski definition) is 0. The van der Waals surface area contributed by atoms with Gasteiger partial charge in [-0.3, -0.25) is 4.79 Å². The lowest BCUT2D eigenvalue weighted by Crippen LogP contribution is -2.24. The number of carbonyl (C=O) groups is 1. The first kappa shape index (κ1) is 17.5. The molecule has 0 radical (unpaired) electrons. The van der Waals surface area contributed by atoms with E-state index in [0.717, 1.165) is 5.56 Å². The average molecular weight is 329 g/mol. The van der Waals surface area contributed by atoms with Crippen LogP contribution in [0.3, 0.4) is 0 Å². The summed E-state index contributed by atoms with van der Waals surface area (Å²) in [4.78, 5) is 13.7. The summed E-state index contributed by atoms with van der Waals surface area (Å²) in [6.07, 6.45) is 3.10. The van der Waals surface area contributed by atoms with Crippen LogP contribution in [0.4, 0.5) is 4.39 Å². The SMILES string of the molecule is COc1ccc(/C=C/C(=O)N(C)Cc2ccccc2F)c(OC)c1. The number of hydrogen-bond acceptors (Lipinski definition) is 3. The van der Waals surface area contributed by atoms with E-state index in [0.29, 0.717) is 17.1 Å². The molecule has 0 atom stereocenters. The zero-order chi connectivity index (χ0) is 17.5. The number of likely N-dealkylation sites (N-methyl/N-ethyl adjacent to an activating group) is 1. The minimum atomic E-state index is -0.321. The van der Waals surface area contributed by atoms with Crippen LogP contribution in [-0.2, 0) is 11.3 Å². The number of methoxy groups -OCH3 is 2. The molecule has 0 heterocycles. The van der Waals surface area contributed by atoms with Crippen LogP contribution in [0.25, 0.3) is 6.08 Å². The standard InChI is InChI=1S/C19H20FNO3/c1-21(13-15-6-4-5-7-17(15)20)19(22)11-9-14-8-10-16(23-2)12-18(14)24-3/h4-12H,13H2,1-3H3/b11-9+. The van der Waals surface area contributed by atoms with Crippen LogP contribution in [0.1, 0.15) is 11.1 Å². The monoisotopic (exact) mass is 329 g/mol. The molecule has 0 saturated carbocycles. The fraction of sp³-hybridized carbons (Fsp3) is 0.211. The molecule has 5 heteroatoms. The normalized spacial score (nSPS) is 10.7. The number of ether oxygens (including phenoxy) is 2. The Kier molecular flexibility index (Phi) is 5.95. The van der Waals surface area contributed by atoms with Gasteiger partial charge in [0.1, 0.15) is 17.3 Å². The lowest BCUT2D eigenvalue weighted by Gasteiger charge is -2.15. The van der Waals surface area contributed by atoms with Crippen LogP contribution < -0.4 is 9.47 Å². The van der Waals surface area contributed by atoms with Gasteiger partial charge >= 0.3 is 0 Å². The lowest BCUT2D eigenvalue weighted by molar-refractivity contribution is -0.125. The molecule has 2 aromatic rings. The molecule has 0 fully saturated rings. The Labute approximate surface area is 141 Å². The molecule has 1 amide bonds. The molecule has 0 saturated heterocycles. The van der Waals surface area contributed by atoms with E-state index in [1.807, 2.05) is 0 Å². The Morgan fingerprint density at radius 3 is 2.58 bits per heavy atom. The van der Waals surface area contributed by atoms with Crippen LogP contribution >= 0.6 is 0 Å². The molecule has 0 aromatic heterocycles. The van der Waals surface area contributed by atoms with Gasteiger partial charge in [-0.25, -0.2) is 4.39 Å². The van der Waals surface area contributed by atoms with E-state index >= 15 is 0 Å². The number of carbonyl (C=O) groups excluding carboxylic acids is 1. The molecule has 0 N–H and O–H groups in total. The van der Waals surface area contributed by atoms with E-state index in [9.17, 15) is 9.18 Å². The fourth-order valence-corrected chi connectivity index (χ4v) is 2.20. The number of amides is 1. The van der Waals surface area contributed by atoms with Crippen LogP contribution in [0.15, 0.2) is 48.5 Å². The van der Waals surface area contributed by atoms with Gasteiger partial charge in [-0.05, 0) is 24.3 Å². The summed E-state index contributed by atoms with van der Waals surface area (Å²) < 4.78 is 24.1. The van der Waals surface area contributed by atoms with Gasteiger partial charge in [-0.1, -0.05) is 18.2 Å². The van der Waals surface area contributed by atoms with Crippen molar-refractivity contribution in [1.82, 2.24) is 4.90 Å². The molecule has 2 aromatic carbocycles. The highest BCUT2D eigenvalue weighted by molar-refractivity contribution is 5.92. The maximum Gasteiger partial charge on any atom is 0.246 e. The summed E-state index contributed by atoms with van der Waals surface area (Å²) in [5, 5.41) is 0. The molecule has 0 unspecified atom stereocenters. The zero-order valence-electron chi connectivity index (χ0n) is 14.0. The third kappa shape index (κ3) is 4.35. The van der Waals surface area contributed by atoms with Crippen molar-refractivity contribution in [2.75, 3.05) is 21.3 Å². The Balaban J connectivity index is 2.08. The van der Waals surface area contributed by atoms with Crippen LogP contribution in [0.5, 0.6) is 11.5 Å². The summed E-state index contributed by atoms with van der Waals surface area (Å²) in [5.74, 6) is 0.733. The highest BCUT2D eigenvalue weighted by Gasteiger charge is 2.09. The highest BCUT2D eigenvalue weighted by Crippen LogP contribution is 2.25. The summed E-state index contributed by atoms with van der Waals surface area (Å²) in [7, 11) is 4.76. The molecule has 0 spiro atoms. The molecule has 0 aliphatic rings. The first-order valence-corrected chi connectivity index (χ1v) is 7.43. The Morgan fingerprint density at radius 2 is 1.92 bits per heavy atom. The van der Waals surface area contributed by atoms with Crippen molar-refractivity contribution in [2.45, 2.75) is 6.54 Å². The molecule has 0 aliphatic carbocycles. The molecule has 4 nitrogen and oxygen atoms in total. The largest absolute Gasteiger partial charge is 0.497 e. The summed E-state index contributed by atoms with van der Waals surface area (Å²) in [5.41, 5.74) is 1.23. The number of nitrogens with zero attached hydrogens (tertiary/aromatic N) is 1. The van der Waals surface area contributed by atoms with E-state index in [1.165, 1.54) is 17.0 Å². The van der Waals surface area contributed by atoms with E-state index in [2.05, 4.69) is 0 Å². The van der Waals surface area contributed by atoms with Gasteiger partial charge in [-0.15, -0.1) is 0 Å². The maximum atomic E-state index is 13.6. The van der Waals surface area contributed by atoms with Crippen molar-refractivity contribution in [3.05, 3.63) is 65.5 Å². The summed E-state index contributed by atoms with van der Waals surface area (Å²) in [6, 6.07) is 11.7. The van der Waals surface area contributed by atoms with Crippen LogP contribution in [-0.4, -0.2) is 32.1 Å².